The van der Waals surface area contributed by atoms with E-state index in [1.54, 1.807) is 0 Å². The topological polar surface area (TPSA) is 98.3 Å². The van der Waals surface area contributed by atoms with Crippen LogP contribution in [0.25, 0.3) is 0 Å². The van der Waals surface area contributed by atoms with Gasteiger partial charge >= 0.3 is 0 Å². The summed E-state index contributed by atoms with van der Waals surface area (Å²) in [6, 6.07) is 18.1. The molecule has 0 atom stereocenters. The first-order valence-corrected chi connectivity index (χ1v) is 12.0. The van der Waals surface area contributed by atoms with Crippen molar-refractivity contribution in [2.24, 2.45) is 0 Å². The fourth-order valence-electron chi connectivity index (χ4n) is 3.14. The predicted molar refractivity (Wildman–Crippen MR) is 133 cm³/mol. The molecule has 0 bridgehead atoms. The highest BCUT2D eigenvalue weighted by Gasteiger charge is 2.13. The standard InChI is InChI=1S/C24H32N6O2S/c1-18(2)19-10-12-21(13-11-19)32-16-22-27-28-24(30(22)25)33-17-23(31)26-14-7-15-29(3)20-8-5-4-6-9-20/h4-6,8-13,18H,7,14-17,25H2,1-3H3,(H,26,31). The number of amides is 1. The van der Waals surface area contributed by atoms with Crippen LogP contribution in [-0.4, -0.2) is 46.7 Å². The van der Waals surface area contributed by atoms with Gasteiger partial charge in [-0.15, -0.1) is 10.2 Å². The van der Waals surface area contributed by atoms with Gasteiger partial charge in [0.25, 0.3) is 0 Å². The molecular formula is C24H32N6O2S. The minimum absolute atomic E-state index is 0.0617. The van der Waals surface area contributed by atoms with E-state index >= 15 is 0 Å². The highest BCUT2D eigenvalue weighted by atomic mass is 32.2. The van der Waals surface area contributed by atoms with E-state index in [1.807, 2.05) is 49.5 Å². The molecule has 0 saturated carbocycles. The number of nitrogen functional groups attached to an aromatic ring is 1. The summed E-state index contributed by atoms with van der Waals surface area (Å²) in [5.74, 6) is 7.95. The molecule has 2 aromatic carbocycles. The lowest BCUT2D eigenvalue weighted by Crippen LogP contribution is -2.29. The maximum absolute atomic E-state index is 12.2. The van der Waals surface area contributed by atoms with Crippen LogP contribution in [-0.2, 0) is 11.4 Å². The molecular weight excluding hydrogens is 436 g/mol. The van der Waals surface area contributed by atoms with Crippen LogP contribution in [0.5, 0.6) is 5.75 Å². The second kappa shape index (κ2) is 12.2. The molecule has 8 nitrogen and oxygen atoms in total. The Kier molecular flexibility index (Phi) is 9.00. The summed E-state index contributed by atoms with van der Waals surface area (Å²) in [5, 5.41) is 11.6. The Morgan fingerprint density at radius 1 is 1.15 bits per heavy atom. The summed E-state index contributed by atoms with van der Waals surface area (Å²) >= 11 is 1.25. The van der Waals surface area contributed by atoms with Gasteiger partial charge < -0.3 is 20.8 Å². The molecule has 3 rings (SSSR count). The van der Waals surface area contributed by atoms with Gasteiger partial charge in [-0.2, -0.15) is 0 Å². The molecule has 3 aromatic rings. The number of benzene rings is 2. The van der Waals surface area contributed by atoms with Crippen LogP contribution in [0.4, 0.5) is 5.69 Å². The highest BCUT2D eigenvalue weighted by Crippen LogP contribution is 2.20. The van der Waals surface area contributed by atoms with Crippen molar-refractivity contribution in [3.05, 3.63) is 66.0 Å². The lowest BCUT2D eigenvalue weighted by atomic mass is 10.0. The zero-order valence-corrected chi connectivity index (χ0v) is 20.2. The minimum atomic E-state index is -0.0617. The summed E-state index contributed by atoms with van der Waals surface area (Å²) in [4.78, 5) is 14.3. The summed E-state index contributed by atoms with van der Waals surface area (Å²) in [5.41, 5.74) is 2.42. The number of nitrogens with two attached hydrogens (primary N) is 1. The zero-order chi connectivity index (χ0) is 23.6. The van der Waals surface area contributed by atoms with Gasteiger partial charge in [-0.05, 0) is 42.2 Å². The Hall–Kier alpha value is -3.20. The molecule has 1 heterocycles. The first-order chi connectivity index (χ1) is 15.9. The van der Waals surface area contributed by atoms with E-state index in [1.165, 1.54) is 22.0 Å². The average molecular weight is 469 g/mol. The number of ether oxygens (including phenoxy) is 1. The number of carbonyl (C=O) groups excluding carboxylic acids is 1. The van der Waals surface area contributed by atoms with Crippen LogP contribution in [0.15, 0.2) is 59.8 Å². The fraction of sp³-hybridized carbons (Fsp3) is 0.375. The van der Waals surface area contributed by atoms with Gasteiger partial charge in [-0.25, -0.2) is 4.68 Å². The Morgan fingerprint density at radius 3 is 2.58 bits per heavy atom. The lowest BCUT2D eigenvalue weighted by Gasteiger charge is -2.19. The van der Waals surface area contributed by atoms with Gasteiger partial charge in [0.2, 0.25) is 11.1 Å². The van der Waals surface area contributed by atoms with Crippen LogP contribution in [0, 0.1) is 0 Å². The molecule has 0 aliphatic carbocycles. The van der Waals surface area contributed by atoms with Crippen molar-refractivity contribution in [3.8, 4) is 5.75 Å². The van der Waals surface area contributed by atoms with Crippen LogP contribution in [0.2, 0.25) is 0 Å². The van der Waals surface area contributed by atoms with Crippen LogP contribution in [0.3, 0.4) is 0 Å². The van der Waals surface area contributed by atoms with E-state index < -0.39 is 0 Å². The fourth-order valence-corrected chi connectivity index (χ4v) is 3.84. The first-order valence-electron chi connectivity index (χ1n) is 11.0. The van der Waals surface area contributed by atoms with Gasteiger partial charge in [0.15, 0.2) is 5.82 Å². The van der Waals surface area contributed by atoms with E-state index in [0.29, 0.717) is 23.4 Å². The molecule has 0 radical (unpaired) electrons. The smallest absolute Gasteiger partial charge is 0.230 e. The predicted octanol–water partition coefficient (Wildman–Crippen LogP) is 3.43. The monoisotopic (exact) mass is 468 g/mol. The Balaban J connectivity index is 1.36. The molecule has 0 aliphatic rings. The van der Waals surface area contributed by atoms with Crippen molar-refractivity contribution in [2.75, 3.05) is 36.6 Å². The number of rotatable bonds is 12. The molecule has 1 amide bonds. The Labute approximate surface area is 199 Å². The maximum atomic E-state index is 12.2. The van der Waals surface area contributed by atoms with Crippen LogP contribution < -0.4 is 20.8 Å². The molecule has 1 aromatic heterocycles. The number of hydrogen-bond acceptors (Lipinski definition) is 7. The van der Waals surface area contributed by atoms with E-state index in [9.17, 15) is 4.79 Å². The van der Waals surface area contributed by atoms with Crippen molar-refractivity contribution < 1.29 is 9.53 Å². The van der Waals surface area contributed by atoms with Crippen molar-refractivity contribution in [1.82, 2.24) is 20.2 Å². The van der Waals surface area contributed by atoms with Crippen LogP contribution >= 0.6 is 11.8 Å². The number of nitrogens with zero attached hydrogens (tertiary/aromatic N) is 4. The normalized spacial score (nSPS) is 10.9. The number of nitrogens with one attached hydrogen (secondary N) is 1. The molecule has 0 unspecified atom stereocenters. The van der Waals surface area contributed by atoms with E-state index in [0.717, 1.165) is 24.4 Å². The average Bonchev–Trinajstić information content (AvgIpc) is 3.19. The zero-order valence-electron chi connectivity index (χ0n) is 19.4. The molecule has 0 fully saturated rings. The van der Waals surface area contributed by atoms with Crippen molar-refractivity contribution >= 4 is 23.4 Å². The largest absolute Gasteiger partial charge is 0.486 e. The maximum Gasteiger partial charge on any atom is 0.230 e. The lowest BCUT2D eigenvalue weighted by molar-refractivity contribution is -0.118. The quantitative estimate of drug-likeness (QED) is 0.239. The first kappa shape index (κ1) is 24.4. The van der Waals surface area contributed by atoms with E-state index in [4.69, 9.17) is 10.6 Å². The number of carbonyl (C=O) groups is 1. The van der Waals surface area contributed by atoms with Gasteiger partial charge in [-0.1, -0.05) is 55.9 Å². The van der Waals surface area contributed by atoms with Gasteiger partial charge in [0.05, 0.1) is 5.75 Å². The van der Waals surface area contributed by atoms with Gasteiger partial charge in [0, 0.05) is 25.8 Å². The van der Waals surface area contributed by atoms with Gasteiger partial charge in [-0.3, -0.25) is 4.79 Å². The Bertz CT molecular complexity index is 1010. The summed E-state index contributed by atoms with van der Waals surface area (Å²) < 4.78 is 7.14. The third-order valence-corrected chi connectivity index (χ3v) is 6.11. The minimum Gasteiger partial charge on any atom is -0.486 e. The summed E-state index contributed by atoms with van der Waals surface area (Å²) in [7, 11) is 2.04. The third kappa shape index (κ3) is 7.42. The molecule has 176 valence electrons. The molecule has 0 aliphatic heterocycles. The van der Waals surface area contributed by atoms with Gasteiger partial charge in [0.1, 0.15) is 12.4 Å². The third-order valence-electron chi connectivity index (χ3n) is 5.17. The number of hydrogen-bond donors (Lipinski definition) is 2. The second-order valence-electron chi connectivity index (χ2n) is 8.03. The number of anilines is 1. The SMILES string of the molecule is CC(C)c1ccc(OCc2nnc(SCC(=O)NCCCN(C)c3ccccc3)n2N)cc1. The van der Waals surface area contributed by atoms with Crippen LogP contribution in [0.1, 0.15) is 37.6 Å². The van der Waals surface area contributed by atoms with Crippen molar-refractivity contribution in [3.63, 3.8) is 0 Å². The van der Waals surface area contributed by atoms with E-state index in [2.05, 4.69) is 46.4 Å². The molecule has 0 spiro atoms. The van der Waals surface area contributed by atoms with Crippen molar-refractivity contribution in [2.45, 2.75) is 37.9 Å². The summed E-state index contributed by atoms with van der Waals surface area (Å²) in [6.45, 7) is 5.97. The molecule has 9 heteroatoms. The summed E-state index contributed by atoms with van der Waals surface area (Å²) in [6.07, 6.45) is 0.856. The molecule has 0 saturated heterocycles. The highest BCUT2D eigenvalue weighted by molar-refractivity contribution is 7.99. The van der Waals surface area contributed by atoms with E-state index in [-0.39, 0.29) is 18.3 Å². The number of para-hydroxylation sites is 1. The molecule has 3 N–H and O–H groups in total. The molecule has 33 heavy (non-hydrogen) atoms. The number of aromatic nitrogens is 3. The second-order valence-corrected chi connectivity index (χ2v) is 8.97. The van der Waals surface area contributed by atoms with Crippen molar-refractivity contribution in [1.29, 1.82) is 0 Å². The Morgan fingerprint density at radius 2 is 1.88 bits per heavy atom. The number of thioether (sulfide) groups is 1.